The van der Waals surface area contributed by atoms with Crippen LogP contribution in [0.2, 0.25) is 0 Å². The second kappa shape index (κ2) is 50.5. The van der Waals surface area contributed by atoms with Crippen LogP contribution in [0.15, 0.2) is 30.3 Å². The van der Waals surface area contributed by atoms with Gasteiger partial charge in [0.15, 0.2) is 0 Å². The summed E-state index contributed by atoms with van der Waals surface area (Å²) in [6.45, 7) is 29.9. The summed E-state index contributed by atoms with van der Waals surface area (Å²) in [5.41, 5.74) is 1.86. The summed E-state index contributed by atoms with van der Waals surface area (Å²) in [6.07, 6.45) is -6.16. The molecule has 0 radical (unpaired) electrons. The molecule has 0 unspecified atom stereocenters. The number of hydrogen-bond donors (Lipinski definition) is 18. The fourth-order valence-corrected chi connectivity index (χ4v) is 11.4. The van der Waals surface area contributed by atoms with Crippen molar-refractivity contribution in [2.75, 3.05) is 39.3 Å². The molecule has 674 valence electrons. The first-order chi connectivity index (χ1) is 55.2. The van der Waals surface area contributed by atoms with Gasteiger partial charge in [0, 0.05) is 45.7 Å². The lowest BCUT2D eigenvalue weighted by molar-refractivity contribution is -0.137. The van der Waals surface area contributed by atoms with Crippen molar-refractivity contribution < 1.29 is 106 Å². The zero-order chi connectivity index (χ0) is 90.3. The molecule has 0 saturated carbocycles. The highest BCUT2D eigenvalue weighted by Gasteiger charge is 2.39. The highest BCUT2D eigenvalue weighted by molar-refractivity contribution is 5.99. The fourth-order valence-electron chi connectivity index (χ4n) is 11.4. The molecule has 0 bridgehead atoms. The number of aliphatic hydroxyl groups is 1. The van der Waals surface area contributed by atoms with E-state index in [0.29, 0.717) is 12.0 Å². The number of carbonyl (C=O) groups is 16. The van der Waals surface area contributed by atoms with Gasteiger partial charge in [0.2, 0.25) is 65.0 Å². The van der Waals surface area contributed by atoms with Gasteiger partial charge in [-0.05, 0) is 180 Å². The van der Waals surface area contributed by atoms with Gasteiger partial charge in [-0.3, -0.25) is 52.7 Å². The Kier molecular flexibility index (Phi) is 44.5. The van der Waals surface area contributed by atoms with Crippen molar-refractivity contribution in [1.29, 1.82) is 0 Å². The molecule has 39 heteroatoms. The number of hydrogen-bond acceptors (Lipinski definition) is 23. The van der Waals surface area contributed by atoms with Crippen molar-refractivity contribution in [2.24, 2.45) is 11.7 Å². The third-order valence-corrected chi connectivity index (χ3v) is 17.1. The SMILES string of the molecule is CCCCCC[C@H](N)C(=O)N[C@@H](CCNC(=O)OC(C)(C)C)C(=O)N[C@H](C(=O)N[C@@H](CCNC(=O)OC(C)(C)C)C(=O)N[C@H]1CCNC(=O)[C@H](CC)NC(=O)[C@H](CCNC(=O)OC(C)(C)C)NC(=O)[C@H](CCNC(=O)OC(C)(C)C)NC(=O)[C@H](CC(C)C)NC(=O)[C@@H](Cc2ccccc2)NC(=O)[C@H](CCNC(=O)OC(C)(C)C)NC1=O)[C@@H](C)O. The molecule has 16 amide bonds. The molecule has 2 rings (SSSR count). The van der Waals surface area contributed by atoms with Crippen molar-refractivity contribution >= 4 is 95.4 Å². The van der Waals surface area contributed by atoms with Crippen LogP contribution in [0.5, 0.6) is 0 Å². The van der Waals surface area contributed by atoms with Crippen LogP contribution < -0.4 is 90.8 Å². The van der Waals surface area contributed by atoms with E-state index in [4.69, 9.17) is 29.4 Å². The number of benzene rings is 1. The maximum Gasteiger partial charge on any atom is 0.407 e. The van der Waals surface area contributed by atoms with Gasteiger partial charge in [-0.2, -0.15) is 0 Å². The van der Waals surface area contributed by atoms with E-state index in [1.165, 1.54) is 6.92 Å². The van der Waals surface area contributed by atoms with Crippen molar-refractivity contribution in [3.63, 3.8) is 0 Å². The average molecular weight is 1690 g/mol. The van der Waals surface area contributed by atoms with E-state index < -0.39 is 235 Å². The second-order valence-corrected chi connectivity index (χ2v) is 34.6. The lowest BCUT2D eigenvalue weighted by Crippen LogP contribution is -2.62. The molecule has 0 aromatic heterocycles. The molecule has 1 saturated heterocycles. The van der Waals surface area contributed by atoms with Crippen LogP contribution in [0.4, 0.5) is 24.0 Å². The lowest BCUT2D eigenvalue weighted by Gasteiger charge is -2.29. The molecule has 1 aromatic carbocycles. The predicted molar refractivity (Wildman–Crippen MR) is 440 cm³/mol. The second-order valence-electron chi connectivity index (χ2n) is 34.6. The summed E-state index contributed by atoms with van der Waals surface area (Å²) >= 11 is 0. The fraction of sp³-hybridized carbons (Fsp3) is 0.725. The quantitative estimate of drug-likeness (QED) is 0.0348. The number of alkyl carbamates (subject to hydrolysis) is 5. The molecule has 119 heavy (non-hydrogen) atoms. The van der Waals surface area contributed by atoms with E-state index in [9.17, 15) is 62.6 Å². The van der Waals surface area contributed by atoms with E-state index in [0.717, 1.165) is 26.2 Å². The smallest absolute Gasteiger partial charge is 0.407 e. The van der Waals surface area contributed by atoms with Crippen molar-refractivity contribution in [2.45, 2.75) is 329 Å². The zero-order valence-electron chi connectivity index (χ0n) is 73.1. The van der Waals surface area contributed by atoms with Gasteiger partial charge in [0.05, 0.1) is 12.1 Å². The van der Waals surface area contributed by atoms with Gasteiger partial charge in [0.25, 0.3) is 0 Å². The van der Waals surface area contributed by atoms with Crippen LogP contribution in [0.1, 0.15) is 228 Å². The zero-order valence-corrected chi connectivity index (χ0v) is 73.1. The van der Waals surface area contributed by atoms with Gasteiger partial charge in [-0.15, -0.1) is 0 Å². The van der Waals surface area contributed by atoms with Crippen LogP contribution in [0, 0.1) is 5.92 Å². The Labute approximate surface area is 699 Å². The van der Waals surface area contributed by atoms with Crippen LogP contribution in [-0.4, -0.2) is 240 Å². The normalized spacial score (nSPS) is 19.8. The minimum atomic E-state index is -1.96. The largest absolute Gasteiger partial charge is 0.444 e. The summed E-state index contributed by atoms with van der Waals surface area (Å²) in [5.74, 6) is -11.7. The van der Waals surface area contributed by atoms with E-state index in [1.54, 1.807) is 148 Å². The van der Waals surface area contributed by atoms with E-state index in [1.807, 2.05) is 6.92 Å². The van der Waals surface area contributed by atoms with Crippen LogP contribution in [0.3, 0.4) is 0 Å². The third-order valence-electron chi connectivity index (χ3n) is 17.1. The lowest BCUT2D eigenvalue weighted by atomic mass is 10.00. The first kappa shape index (κ1) is 105. The van der Waals surface area contributed by atoms with Crippen molar-refractivity contribution in [1.82, 2.24) is 85.1 Å². The molecule has 0 aliphatic carbocycles. The standard InChI is InChI=1S/C80H137N17O22/c1-21-23-24-28-31-49(81)60(99)89-56(37-43-87-75(114)119-80(18,19)20)67(106)97-59(47(5)98)70(109)94-55(36-42-86-74(113)118-79(15,16)17)65(104)90-51-32-38-82-61(100)50(22-2)88-62(101)52(33-39-83-71(110)115-76(6,7)8)91-64(103)53(34-40-84-72(111)116-77(9,10)11)93-68(107)57(44-46(3)4)95-69(108)58(45-48-29-26-25-27-30-48)96-66(105)54(92-63(51)102)35-41-85-73(112)117-78(12,13)14/h25-27,29-30,46-47,49-59,98H,21-24,28,31-45,81H2,1-20H3,(H,82,100)(H,83,110)(H,84,111)(H,85,112)(H,86,113)(H,87,114)(H,88,101)(H,89,99)(H,90,104)(H,91,103)(H,92,102)(H,93,107)(H,94,109)(H,95,108)(H,96,105)(H,97,106)/t47-,49+,50+,51+,52+,53+,54+,55+,56+,57+,58-,59+/m1/s1. The maximum atomic E-state index is 15.4. The van der Waals surface area contributed by atoms with Crippen LogP contribution in [0.25, 0.3) is 0 Å². The van der Waals surface area contributed by atoms with Gasteiger partial charge in [0.1, 0.15) is 88.4 Å². The molecular formula is C80H137N17O22. The van der Waals surface area contributed by atoms with E-state index in [-0.39, 0.29) is 70.5 Å². The maximum absolute atomic E-state index is 15.4. The monoisotopic (exact) mass is 1690 g/mol. The Morgan fingerprint density at radius 2 is 0.807 bits per heavy atom. The first-order valence-corrected chi connectivity index (χ1v) is 40.8. The average Bonchev–Trinajstić information content (AvgIpc) is 1.48. The summed E-state index contributed by atoms with van der Waals surface area (Å²) in [5, 5.41) is 52.4. The molecule has 1 aromatic rings. The molecule has 19 N–H and O–H groups in total. The molecular weight excluding hydrogens is 1550 g/mol. The summed E-state index contributed by atoms with van der Waals surface area (Å²) < 4.78 is 27.0. The molecule has 1 heterocycles. The Hall–Kier alpha value is -10.3. The summed E-state index contributed by atoms with van der Waals surface area (Å²) in [6, 6.07) is -9.63. The van der Waals surface area contributed by atoms with Crippen molar-refractivity contribution in [3.05, 3.63) is 35.9 Å². The highest BCUT2D eigenvalue weighted by atomic mass is 16.6. The molecule has 1 fully saturated rings. The van der Waals surface area contributed by atoms with Crippen LogP contribution in [-0.2, 0) is 82.8 Å². The summed E-state index contributed by atoms with van der Waals surface area (Å²) in [7, 11) is 0. The minimum Gasteiger partial charge on any atom is -0.444 e. The predicted octanol–water partition coefficient (Wildman–Crippen LogP) is 2.31. The number of ether oxygens (including phenoxy) is 5. The highest BCUT2D eigenvalue weighted by Crippen LogP contribution is 2.16. The molecule has 0 spiro atoms. The number of nitrogens with one attached hydrogen (secondary N) is 16. The van der Waals surface area contributed by atoms with Crippen molar-refractivity contribution in [3.8, 4) is 0 Å². The number of unbranched alkanes of at least 4 members (excludes halogenated alkanes) is 3. The van der Waals surface area contributed by atoms with Gasteiger partial charge >= 0.3 is 30.5 Å². The number of amides is 16. The van der Waals surface area contributed by atoms with Gasteiger partial charge in [-0.1, -0.05) is 83.7 Å². The van der Waals surface area contributed by atoms with E-state index >= 15 is 19.2 Å². The Morgan fingerprint density at radius 3 is 1.21 bits per heavy atom. The number of aliphatic hydroxyl groups excluding tert-OH is 1. The number of rotatable bonds is 34. The molecule has 39 nitrogen and oxygen atoms in total. The number of nitrogens with two attached hydrogens (primary N) is 1. The van der Waals surface area contributed by atoms with Gasteiger partial charge in [-0.25, -0.2) is 24.0 Å². The van der Waals surface area contributed by atoms with E-state index in [2.05, 4.69) is 85.1 Å². The molecule has 12 atom stereocenters. The topological polar surface area (TPSA) is 558 Å². The number of carbonyl (C=O) groups excluding carboxylic acids is 16. The Balaban J connectivity index is 3.09. The van der Waals surface area contributed by atoms with Crippen LogP contribution >= 0.6 is 0 Å². The summed E-state index contributed by atoms with van der Waals surface area (Å²) in [4.78, 5) is 228. The Bertz CT molecular complexity index is 3510. The molecule has 1 aliphatic heterocycles. The minimum absolute atomic E-state index is 0.102. The first-order valence-electron chi connectivity index (χ1n) is 40.8. The molecule has 1 aliphatic rings. The van der Waals surface area contributed by atoms with Gasteiger partial charge < -0.3 is 120 Å². The third kappa shape index (κ3) is 45.4. The Morgan fingerprint density at radius 1 is 0.437 bits per heavy atom.